The lowest BCUT2D eigenvalue weighted by Gasteiger charge is -2.23. The highest BCUT2D eigenvalue weighted by Crippen LogP contribution is 2.47. The normalized spacial score (nSPS) is 21.9. The van der Waals surface area contributed by atoms with Gasteiger partial charge in [0.25, 0.3) is 15.9 Å². The molecular formula is C22H22ClN3O3S3. The highest BCUT2D eigenvalue weighted by Gasteiger charge is 2.38. The Bertz CT molecular complexity index is 1290. The van der Waals surface area contributed by atoms with E-state index < -0.39 is 10.0 Å². The number of thiophene rings is 1. The first-order valence-electron chi connectivity index (χ1n) is 9.92. The van der Waals surface area contributed by atoms with Crippen molar-refractivity contribution in [2.45, 2.75) is 30.4 Å². The zero-order chi connectivity index (χ0) is 23.3. The zero-order valence-electron chi connectivity index (χ0n) is 18.0. The molecule has 1 aromatic carbocycles. The summed E-state index contributed by atoms with van der Waals surface area (Å²) in [7, 11) is -1.95. The number of thioether (sulfide) groups is 1. The molecule has 0 unspecified atom stereocenters. The minimum atomic E-state index is -3.95. The van der Waals surface area contributed by atoms with Crippen molar-refractivity contribution in [1.29, 1.82) is 0 Å². The number of halogens is 1. The topological polar surface area (TPSA) is 70.1 Å². The van der Waals surface area contributed by atoms with E-state index in [9.17, 15) is 13.2 Å². The quantitative estimate of drug-likeness (QED) is 0.529. The summed E-state index contributed by atoms with van der Waals surface area (Å²) in [5.41, 5.74) is 3.17. The number of sulfonamides is 1. The first-order valence-corrected chi connectivity index (χ1v) is 13.4. The molecule has 168 valence electrons. The van der Waals surface area contributed by atoms with E-state index in [1.807, 2.05) is 25.3 Å². The van der Waals surface area contributed by atoms with Gasteiger partial charge >= 0.3 is 0 Å². The molecule has 0 aliphatic carbocycles. The number of para-hydroxylation sites is 1. The van der Waals surface area contributed by atoms with E-state index in [0.717, 1.165) is 34.5 Å². The molecule has 2 aliphatic heterocycles. The van der Waals surface area contributed by atoms with Crippen LogP contribution in [0, 0.1) is 0 Å². The third kappa shape index (κ3) is 3.91. The average molecular weight is 508 g/mol. The minimum Gasteiger partial charge on any atom is -0.347 e. The first kappa shape index (κ1) is 23.1. The van der Waals surface area contributed by atoms with E-state index in [0.29, 0.717) is 15.8 Å². The van der Waals surface area contributed by atoms with Crippen molar-refractivity contribution in [2.75, 3.05) is 18.5 Å². The van der Waals surface area contributed by atoms with Crippen LogP contribution in [-0.4, -0.2) is 38.0 Å². The maximum Gasteiger partial charge on any atom is 0.294 e. The Balaban J connectivity index is 1.68. The van der Waals surface area contributed by atoms with Crippen molar-refractivity contribution < 1.29 is 13.2 Å². The molecule has 0 N–H and O–H groups in total. The predicted octanol–water partition coefficient (Wildman–Crippen LogP) is 5.24. The lowest BCUT2D eigenvalue weighted by atomic mass is 9.84. The van der Waals surface area contributed by atoms with Crippen LogP contribution in [0.4, 0.5) is 5.69 Å². The number of nitrogens with zero attached hydrogens (tertiary/aromatic N) is 3. The summed E-state index contributed by atoms with van der Waals surface area (Å²) >= 11 is 7.88. The molecule has 1 amide bonds. The van der Waals surface area contributed by atoms with Crippen LogP contribution >= 0.6 is 34.7 Å². The highest BCUT2D eigenvalue weighted by molar-refractivity contribution is 8.19. The Morgan fingerprint density at radius 1 is 1.16 bits per heavy atom. The van der Waals surface area contributed by atoms with E-state index in [1.54, 1.807) is 13.0 Å². The number of hydrogen-bond acceptors (Lipinski definition) is 6. The van der Waals surface area contributed by atoms with Crippen molar-refractivity contribution in [3.05, 3.63) is 69.1 Å². The molecule has 0 bridgehead atoms. The third-order valence-corrected chi connectivity index (χ3v) is 9.64. The molecule has 2 aliphatic rings. The van der Waals surface area contributed by atoms with Crippen molar-refractivity contribution in [2.24, 2.45) is 4.40 Å². The van der Waals surface area contributed by atoms with Gasteiger partial charge in [0, 0.05) is 30.4 Å². The van der Waals surface area contributed by atoms with Gasteiger partial charge < -0.3 is 4.90 Å². The van der Waals surface area contributed by atoms with Crippen molar-refractivity contribution in [3.63, 3.8) is 0 Å². The van der Waals surface area contributed by atoms with Gasteiger partial charge in [-0.3, -0.25) is 9.69 Å². The van der Waals surface area contributed by atoms with Crippen molar-refractivity contribution >= 4 is 61.5 Å². The summed E-state index contributed by atoms with van der Waals surface area (Å²) in [6.45, 7) is 6.39. The number of likely N-dealkylation sites (N-methyl/N-ethyl adjacent to an activating group) is 2. The second-order valence-electron chi connectivity index (χ2n) is 7.84. The molecule has 0 saturated carbocycles. The SMILES string of the molecule is CCN1C(=O)/C(=C/C=C2/N(C)c3ccccc3C2(C)C)SC1=NS(=O)(=O)c1ccc(Cl)s1. The van der Waals surface area contributed by atoms with Crippen LogP contribution in [0.1, 0.15) is 26.3 Å². The smallest absolute Gasteiger partial charge is 0.294 e. The molecular weight excluding hydrogens is 486 g/mol. The highest BCUT2D eigenvalue weighted by atomic mass is 35.5. The van der Waals surface area contributed by atoms with E-state index in [1.165, 1.54) is 22.6 Å². The lowest BCUT2D eigenvalue weighted by Crippen LogP contribution is -2.29. The lowest BCUT2D eigenvalue weighted by molar-refractivity contribution is -0.122. The number of amides is 1. The van der Waals surface area contributed by atoms with Gasteiger partial charge in [-0.2, -0.15) is 8.42 Å². The van der Waals surface area contributed by atoms with Crippen LogP contribution in [0.3, 0.4) is 0 Å². The molecule has 32 heavy (non-hydrogen) atoms. The summed E-state index contributed by atoms with van der Waals surface area (Å²) in [6, 6.07) is 11.1. The minimum absolute atomic E-state index is 0.0470. The number of carbonyl (C=O) groups is 1. The van der Waals surface area contributed by atoms with Crippen LogP contribution in [0.2, 0.25) is 4.34 Å². The Morgan fingerprint density at radius 3 is 2.50 bits per heavy atom. The van der Waals surface area contributed by atoms with Crippen LogP contribution in [0.25, 0.3) is 0 Å². The van der Waals surface area contributed by atoms with Gasteiger partial charge in [-0.1, -0.05) is 43.6 Å². The maximum atomic E-state index is 12.9. The average Bonchev–Trinajstić information content (AvgIpc) is 3.36. The first-order chi connectivity index (χ1) is 15.1. The molecule has 0 spiro atoms. The van der Waals surface area contributed by atoms with Crippen molar-refractivity contribution in [3.8, 4) is 0 Å². The van der Waals surface area contributed by atoms with Gasteiger partial charge in [0.2, 0.25) is 0 Å². The second-order valence-corrected chi connectivity index (χ2v) is 12.4. The summed E-state index contributed by atoms with van der Waals surface area (Å²) < 4.78 is 29.7. The Hall–Kier alpha value is -2.07. The van der Waals surface area contributed by atoms with Gasteiger partial charge in [0.1, 0.15) is 4.21 Å². The monoisotopic (exact) mass is 507 g/mol. The van der Waals surface area contributed by atoms with Crippen LogP contribution in [0.15, 0.2) is 67.8 Å². The third-order valence-electron chi connectivity index (χ3n) is 5.54. The Morgan fingerprint density at radius 2 is 1.88 bits per heavy atom. The van der Waals surface area contributed by atoms with Crippen LogP contribution in [-0.2, 0) is 20.2 Å². The molecule has 4 rings (SSSR count). The Kier molecular flexibility index (Phi) is 6.04. The Labute approximate surface area is 201 Å². The fourth-order valence-corrected chi connectivity index (χ4v) is 7.56. The fourth-order valence-electron chi connectivity index (χ4n) is 3.91. The van der Waals surface area contributed by atoms with E-state index in [-0.39, 0.29) is 20.7 Å². The van der Waals surface area contributed by atoms with E-state index in [2.05, 4.69) is 35.3 Å². The molecule has 6 nitrogen and oxygen atoms in total. The maximum absolute atomic E-state index is 12.9. The summed E-state index contributed by atoms with van der Waals surface area (Å²) in [5, 5.41) is 0.147. The molecule has 3 heterocycles. The second kappa shape index (κ2) is 8.37. The van der Waals surface area contributed by atoms with Crippen LogP contribution < -0.4 is 4.90 Å². The molecule has 0 radical (unpaired) electrons. The van der Waals surface area contributed by atoms with Gasteiger partial charge in [0.15, 0.2) is 5.17 Å². The zero-order valence-corrected chi connectivity index (χ0v) is 21.2. The fraction of sp³-hybridized carbons (Fsp3) is 0.273. The van der Waals surface area contributed by atoms with Gasteiger partial charge in [0.05, 0.1) is 9.24 Å². The molecule has 1 fully saturated rings. The summed E-state index contributed by atoms with van der Waals surface area (Å²) in [6.07, 6.45) is 3.69. The number of hydrogen-bond donors (Lipinski definition) is 0. The number of anilines is 1. The van der Waals surface area contributed by atoms with Gasteiger partial charge in [-0.25, -0.2) is 0 Å². The number of amidine groups is 1. The largest absolute Gasteiger partial charge is 0.347 e. The number of benzene rings is 1. The molecule has 2 aromatic rings. The summed E-state index contributed by atoms with van der Waals surface area (Å²) in [4.78, 5) is 16.9. The molecule has 1 saturated heterocycles. The molecule has 0 atom stereocenters. The van der Waals surface area contributed by atoms with Crippen molar-refractivity contribution in [1.82, 2.24) is 4.90 Å². The number of allylic oxidation sites excluding steroid dienone is 3. The summed E-state index contributed by atoms with van der Waals surface area (Å²) in [5.74, 6) is -0.261. The van der Waals surface area contributed by atoms with E-state index in [4.69, 9.17) is 11.6 Å². The predicted molar refractivity (Wildman–Crippen MR) is 133 cm³/mol. The van der Waals surface area contributed by atoms with Gasteiger partial charge in [-0.05, 0) is 54.6 Å². The van der Waals surface area contributed by atoms with Gasteiger partial charge in [-0.15, -0.1) is 15.7 Å². The number of carbonyl (C=O) groups excluding carboxylic acids is 1. The van der Waals surface area contributed by atoms with E-state index >= 15 is 0 Å². The number of rotatable bonds is 4. The molecule has 10 heteroatoms. The number of fused-ring (bicyclic) bond motifs is 1. The standard InChI is InChI=1S/C22H22ClN3O3S3/c1-5-26-20(27)16(30-21(26)24-32(28,29)19-13-12-18(23)31-19)10-11-17-22(2,3)14-8-6-7-9-15(14)25(17)4/h6-13H,5H2,1-4H3/b16-10-,17-11+,24-21?. The van der Waals surface area contributed by atoms with Crippen LogP contribution in [0.5, 0.6) is 0 Å². The molecule has 1 aromatic heterocycles.